The van der Waals surface area contributed by atoms with E-state index in [1.165, 1.54) is 13.2 Å². The number of hydrogen-bond acceptors (Lipinski definition) is 6. The second-order valence-corrected chi connectivity index (χ2v) is 11.4. The molecule has 0 aromatic heterocycles. The molecule has 0 heterocycles. The Hall–Kier alpha value is -2.95. The van der Waals surface area contributed by atoms with E-state index >= 15 is 0 Å². The van der Waals surface area contributed by atoms with Gasteiger partial charge in [-0.05, 0) is 66.0 Å². The van der Waals surface area contributed by atoms with Gasteiger partial charge in [0.25, 0.3) is 0 Å². The Kier molecular flexibility index (Phi) is 6.17. The molecule has 2 aliphatic rings. The summed E-state index contributed by atoms with van der Waals surface area (Å²) < 4.78 is 32.2. The molecule has 0 aliphatic heterocycles. The van der Waals surface area contributed by atoms with Gasteiger partial charge in [-0.25, -0.2) is 8.42 Å². The molecule has 0 saturated heterocycles. The number of methoxy groups -OCH3 is 1. The lowest BCUT2D eigenvalue weighted by molar-refractivity contribution is 0.105. The van der Waals surface area contributed by atoms with E-state index in [9.17, 15) is 18.5 Å². The predicted octanol–water partition coefficient (Wildman–Crippen LogP) is 4.17. The monoisotopic (exact) mass is 478 g/mol. The first-order valence-electron chi connectivity index (χ1n) is 11.6. The van der Waals surface area contributed by atoms with Crippen molar-refractivity contribution in [3.05, 3.63) is 63.7 Å². The van der Waals surface area contributed by atoms with Crippen LogP contribution in [0.4, 0.5) is 0 Å². The van der Waals surface area contributed by atoms with E-state index in [4.69, 9.17) is 4.74 Å². The number of carbonyl (C=O) groups excluding carboxylic acids is 1. The molecule has 178 valence electrons. The Morgan fingerprint density at radius 2 is 1.82 bits per heavy atom. The molecule has 0 N–H and O–H groups in total. The largest absolute Gasteiger partial charge is 0.495 e. The molecule has 6 nitrogen and oxygen atoms in total. The number of ether oxygens (including phenoxy) is 1. The molecule has 2 aliphatic carbocycles. The fraction of sp³-hybridized carbons (Fsp3) is 0.407. The van der Waals surface area contributed by atoms with E-state index in [2.05, 4.69) is 24.8 Å². The Bertz CT molecular complexity index is 1360. The van der Waals surface area contributed by atoms with E-state index in [-0.39, 0.29) is 22.2 Å². The molecule has 0 fully saturated rings. The highest BCUT2D eigenvalue weighted by Crippen LogP contribution is 2.51. The van der Waals surface area contributed by atoms with Crippen LogP contribution in [0.5, 0.6) is 5.75 Å². The summed E-state index contributed by atoms with van der Waals surface area (Å²) >= 11 is 0. The van der Waals surface area contributed by atoms with Gasteiger partial charge in [0.15, 0.2) is 15.6 Å². The maximum absolute atomic E-state index is 13.8. The summed E-state index contributed by atoms with van der Waals surface area (Å²) in [6, 6.07) is 10.8. The quantitative estimate of drug-likeness (QED) is 0.594. The van der Waals surface area contributed by atoms with Crippen LogP contribution in [0.2, 0.25) is 0 Å². The molecule has 0 saturated carbocycles. The van der Waals surface area contributed by atoms with Gasteiger partial charge < -0.3 is 9.64 Å². The minimum absolute atomic E-state index is 0.0465. The highest BCUT2D eigenvalue weighted by Gasteiger charge is 2.44. The Morgan fingerprint density at radius 3 is 2.44 bits per heavy atom. The minimum Gasteiger partial charge on any atom is -0.495 e. The van der Waals surface area contributed by atoms with Crippen LogP contribution in [0.15, 0.2) is 40.8 Å². The second kappa shape index (κ2) is 8.68. The molecule has 34 heavy (non-hydrogen) atoms. The molecule has 0 radical (unpaired) electrons. The Balaban J connectivity index is 1.83. The number of Topliss-reactive ketones (excluding diaryl/α,β-unsaturated/α-hetero) is 1. The summed E-state index contributed by atoms with van der Waals surface area (Å²) in [7, 11) is -2.21. The molecule has 2 aromatic carbocycles. The van der Waals surface area contributed by atoms with Crippen LogP contribution in [0, 0.1) is 11.3 Å². The number of nitriles is 1. The predicted molar refractivity (Wildman–Crippen MR) is 132 cm³/mol. The van der Waals surface area contributed by atoms with E-state index in [1.54, 1.807) is 12.1 Å². The number of benzene rings is 2. The molecule has 4 rings (SSSR count). The summed E-state index contributed by atoms with van der Waals surface area (Å²) in [5, 5.41) is 9.29. The summed E-state index contributed by atoms with van der Waals surface area (Å²) in [4.78, 5) is 15.9. The average Bonchev–Trinajstić information content (AvgIpc) is 3.22. The van der Waals surface area contributed by atoms with Gasteiger partial charge in [0.05, 0.1) is 24.5 Å². The molecular weight excluding hydrogens is 448 g/mol. The molecule has 0 unspecified atom stereocenters. The van der Waals surface area contributed by atoms with Gasteiger partial charge in [0.2, 0.25) is 0 Å². The van der Waals surface area contributed by atoms with Crippen LogP contribution >= 0.6 is 0 Å². The van der Waals surface area contributed by atoms with Gasteiger partial charge in [0.1, 0.15) is 10.6 Å². The number of nitrogens with zero attached hydrogens (tertiary/aromatic N) is 2. The number of rotatable bonds is 7. The number of carbonyl (C=O) groups is 1. The number of allylic oxidation sites excluding steroid dienone is 2. The van der Waals surface area contributed by atoms with Crippen molar-refractivity contribution in [2.45, 2.75) is 44.4 Å². The topological polar surface area (TPSA) is 87.5 Å². The third kappa shape index (κ3) is 3.75. The van der Waals surface area contributed by atoms with Crippen LogP contribution in [0.1, 0.15) is 60.3 Å². The summed E-state index contributed by atoms with van der Waals surface area (Å²) in [6.45, 7) is 10.1. The molecule has 2 aromatic rings. The van der Waals surface area contributed by atoms with E-state index in [0.29, 0.717) is 29.7 Å². The van der Waals surface area contributed by atoms with Gasteiger partial charge in [-0.3, -0.25) is 4.79 Å². The van der Waals surface area contributed by atoms with Crippen LogP contribution in [0.25, 0.3) is 5.57 Å². The van der Waals surface area contributed by atoms with Crippen LogP contribution < -0.4 is 4.74 Å². The third-order valence-electron chi connectivity index (χ3n) is 7.28. The maximum Gasteiger partial charge on any atom is 0.193 e. The minimum atomic E-state index is -3.68. The standard InChI is InChI=1S/C27H30N2O4S/c1-6-29(7-2)10-11-34(31,32)24-14-20-21(15-23(24)33-5)27(3,4)22-13-18-12-17(16-28)8-9-19(18)25(22)26(20)30/h8-9,12,14-15H,6-7,10-11,13H2,1-5H3. The van der Waals surface area contributed by atoms with E-state index < -0.39 is 15.3 Å². The lowest BCUT2D eigenvalue weighted by atomic mass is 9.68. The Morgan fingerprint density at radius 1 is 1.12 bits per heavy atom. The first-order chi connectivity index (χ1) is 16.1. The fourth-order valence-electron chi connectivity index (χ4n) is 5.15. The first kappa shape index (κ1) is 24.2. The lowest BCUT2D eigenvalue weighted by Crippen LogP contribution is -2.31. The number of fused-ring (bicyclic) bond motifs is 3. The molecule has 7 heteroatoms. The summed E-state index contributed by atoms with van der Waals surface area (Å²) in [6.07, 6.45) is 0.588. The first-order valence-corrected chi connectivity index (χ1v) is 13.2. The smallest absolute Gasteiger partial charge is 0.193 e. The van der Waals surface area contributed by atoms with Crippen molar-refractivity contribution in [2.75, 3.05) is 32.5 Å². The highest BCUT2D eigenvalue weighted by molar-refractivity contribution is 7.91. The van der Waals surface area contributed by atoms with Crippen molar-refractivity contribution < 1.29 is 17.9 Å². The summed E-state index contributed by atoms with van der Waals surface area (Å²) in [5.41, 5.74) is 4.65. The van der Waals surface area contributed by atoms with Crippen molar-refractivity contribution in [1.29, 1.82) is 5.26 Å². The zero-order valence-electron chi connectivity index (χ0n) is 20.4. The number of ketones is 1. The molecule has 0 atom stereocenters. The second-order valence-electron chi connectivity index (χ2n) is 9.36. The van der Waals surface area contributed by atoms with Crippen LogP contribution in [-0.2, 0) is 21.7 Å². The van der Waals surface area contributed by atoms with Gasteiger partial charge in [-0.2, -0.15) is 5.26 Å². The zero-order chi connectivity index (χ0) is 24.8. The van der Waals surface area contributed by atoms with E-state index in [0.717, 1.165) is 35.4 Å². The average molecular weight is 479 g/mol. The SMILES string of the molecule is CCN(CC)CCS(=O)(=O)c1cc2c(cc1OC)C(C)(C)C1=C(C2=O)c2ccc(C#N)cc2C1. The highest BCUT2D eigenvalue weighted by atomic mass is 32.2. The van der Waals surface area contributed by atoms with Crippen LogP contribution in [0.3, 0.4) is 0 Å². The van der Waals surface area contributed by atoms with Gasteiger partial charge in [-0.15, -0.1) is 0 Å². The molecule has 0 bridgehead atoms. The van der Waals surface area contributed by atoms with Crippen molar-refractivity contribution in [1.82, 2.24) is 4.90 Å². The van der Waals surface area contributed by atoms with Crippen LogP contribution in [-0.4, -0.2) is 51.6 Å². The van der Waals surface area contributed by atoms with Crippen molar-refractivity contribution >= 4 is 21.2 Å². The van der Waals surface area contributed by atoms with Gasteiger partial charge >= 0.3 is 0 Å². The number of sulfone groups is 1. The van der Waals surface area contributed by atoms with Crippen molar-refractivity contribution in [3.63, 3.8) is 0 Å². The van der Waals surface area contributed by atoms with Gasteiger partial charge in [-0.1, -0.05) is 33.8 Å². The fourth-order valence-corrected chi connectivity index (χ4v) is 6.62. The summed E-state index contributed by atoms with van der Waals surface area (Å²) in [5.74, 6) is 0.0518. The Labute approximate surface area is 201 Å². The zero-order valence-corrected chi connectivity index (χ0v) is 21.2. The third-order valence-corrected chi connectivity index (χ3v) is 8.99. The normalized spacial score (nSPS) is 16.2. The van der Waals surface area contributed by atoms with E-state index in [1.807, 2.05) is 26.0 Å². The lowest BCUT2D eigenvalue weighted by Gasteiger charge is -2.35. The number of hydrogen-bond donors (Lipinski definition) is 0. The molecular formula is C27H30N2O4S. The molecule has 0 spiro atoms. The van der Waals surface area contributed by atoms with Gasteiger partial charge in [0, 0.05) is 23.1 Å². The van der Waals surface area contributed by atoms with Crippen molar-refractivity contribution in [2.24, 2.45) is 0 Å². The molecule has 0 amide bonds. The van der Waals surface area contributed by atoms with Crippen molar-refractivity contribution in [3.8, 4) is 11.8 Å². The maximum atomic E-state index is 13.8.